The summed E-state index contributed by atoms with van der Waals surface area (Å²) in [4.78, 5) is 13.9. The van der Waals surface area contributed by atoms with E-state index in [1.807, 2.05) is 25.7 Å². The van der Waals surface area contributed by atoms with Gasteiger partial charge < -0.3 is 14.4 Å². The van der Waals surface area contributed by atoms with Crippen molar-refractivity contribution in [2.45, 2.75) is 64.9 Å². The predicted octanol–water partition coefficient (Wildman–Crippen LogP) is 3.84. The second-order valence-corrected chi connectivity index (χ2v) is 7.88. The number of methoxy groups -OCH3 is 1. The summed E-state index contributed by atoms with van der Waals surface area (Å²) in [7, 11) is 1.77. The summed E-state index contributed by atoms with van der Waals surface area (Å²) in [6.07, 6.45) is 7.32. The molecule has 1 saturated heterocycles. The van der Waals surface area contributed by atoms with Gasteiger partial charge in [0.2, 0.25) is 0 Å². The first-order chi connectivity index (χ1) is 9.84. The van der Waals surface area contributed by atoms with E-state index >= 15 is 0 Å². The highest BCUT2D eigenvalue weighted by atomic mass is 16.6. The van der Waals surface area contributed by atoms with E-state index < -0.39 is 5.60 Å². The molecule has 0 aromatic rings. The highest BCUT2D eigenvalue weighted by Crippen LogP contribution is 2.54. The van der Waals surface area contributed by atoms with E-state index in [9.17, 15) is 4.79 Å². The van der Waals surface area contributed by atoms with Crippen LogP contribution in [0.3, 0.4) is 0 Å². The van der Waals surface area contributed by atoms with Crippen LogP contribution in [0.5, 0.6) is 0 Å². The summed E-state index contributed by atoms with van der Waals surface area (Å²) in [6.45, 7) is 8.38. The Morgan fingerprint density at radius 3 is 2.38 bits per heavy atom. The molecule has 21 heavy (non-hydrogen) atoms. The first-order valence-electron chi connectivity index (χ1n) is 8.30. The molecule has 4 nitrogen and oxygen atoms in total. The number of carbonyl (C=O) groups excluding carboxylic acids is 1. The van der Waals surface area contributed by atoms with E-state index in [1.165, 1.54) is 25.7 Å². The summed E-state index contributed by atoms with van der Waals surface area (Å²) < 4.78 is 10.6. The van der Waals surface area contributed by atoms with Crippen molar-refractivity contribution in [3.05, 3.63) is 0 Å². The molecule has 0 radical (unpaired) electrons. The minimum atomic E-state index is -0.394. The maximum atomic E-state index is 12.1. The predicted molar refractivity (Wildman–Crippen MR) is 83.3 cm³/mol. The van der Waals surface area contributed by atoms with Crippen LogP contribution in [0.25, 0.3) is 0 Å². The lowest BCUT2D eigenvalue weighted by molar-refractivity contribution is -0.0306. The van der Waals surface area contributed by atoms with Gasteiger partial charge in [-0.1, -0.05) is 0 Å². The van der Waals surface area contributed by atoms with Gasteiger partial charge in [0.25, 0.3) is 0 Å². The van der Waals surface area contributed by atoms with Gasteiger partial charge in [-0.3, -0.25) is 0 Å². The molecule has 4 heteroatoms. The zero-order valence-electron chi connectivity index (χ0n) is 14.1. The third-order valence-corrected chi connectivity index (χ3v) is 4.88. The molecule has 2 fully saturated rings. The average molecular weight is 297 g/mol. The largest absolute Gasteiger partial charge is 0.444 e. The van der Waals surface area contributed by atoms with Gasteiger partial charge in [-0.15, -0.1) is 0 Å². The normalized spacial score (nSPS) is 22.2. The number of amides is 1. The van der Waals surface area contributed by atoms with Crippen LogP contribution in [-0.4, -0.2) is 43.4 Å². The fraction of sp³-hybridized carbons (Fsp3) is 0.941. The number of carbonyl (C=O) groups is 1. The molecule has 1 heterocycles. The van der Waals surface area contributed by atoms with E-state index in [0.717, 1.165) is 38.5 Å². The summed E-state index contributed by atoms with van der Waals surface area (Å²) in [5, 5.41) is 0. The van der Waals surface area contributed by atoms with Crippen LogP contribution in [-0.2, 0) is 9.47 Å². The van der Waals surface area contributed by atoms with Crippen LogP contribution in [0.1, 0.15) is 59.3 Å². The van der Waals surface area contributed by atoms with E-state index in [4.69, 9.17) is 9.47 Å². The molecule has 1 spiro atoms. The van der Waals surface area contributed by atoms with Crippen molar-refractivity contribution in [3.8, 4) is 0 Å². The molecule has 2 rings (SSSR count). The van der Waals surface area contributed by atoms with Gasteiger partial charge in [-0.2, -0.15) is 0 Å². The number of nitrogens with zero attached hydrogens (tertiary/aromatic N) is 1. The molecule has 1 aliphatic heterocycles. The van der Waals surface area contributed by atoms with Gasteiger partial charge in [0, 0.05) is 26.8 Å². The quantitative estimate of drug-likeness (QED) is 0.740. The molecule has 0 bridgehead atoms. The van der Waals surface area contributed by atoms with Crippen LogP contribution >= 0.6 is 0 Å². The van der Waals surface area contributed by atoms with Gasteiger partial charge in [-0.05, 0) is 70.6 Å². The molecule has 0 N–H and O–H groups in total. The van der Waals surface area contributed by atoms with E-state index in [0.29, 0.717) is 5.41 Å². The minimum absolute atomic E-state index is 0.145. The highest BCUT2D eigenvalue weighted by Gasteiger charge is 2.46. The lowest BCUT2D eigenvalue weighted by Crippen LogP contribution is -2.49. The maximum Gasteiger partial charge on any atom is 0.410 e. The molecule has 0 aromatic heterocycles. The van der Waals surface area contributed by atoms with Crippen molar-refractivity contribution >= 4 is 6.09 Å². The molecule has 1 saturated carbocycles. The summed E-state index contributed by atoms with van der Waals surface area (Å²) >= 11 is 0. The number of hydrogen-bond acceptors (Lipinski definition) is 3. The van der Waals surface area contributed by atoms with Gasteiger partial charge in [0.05, 0.1) is 0 Å². The monoisotopic (exact) mass is 297 g/mol. The summed E-state index contributed by atoms with van der Waals surface area (Å²) in [5.41, 5.74) is 0.130. The molecule has 0 atom stereocenters. The lowest BCUT2D eigenvalue weighted by atomic mass is 9.56. The molecule has 0 unspecified atom stereocenters. The van der Waals surface area contributed by atoms with Crippen molar-refractivity contribution in [3.63, 3.8) is 0 Å². The second kappa shape index (κ2) is 6.55. The fourth-order valence-corrected chi connectivity index (χ4v) is 3.78. The number of piperidine rings is 1. The number of likely N-dealkylation sites (tertiary alicyclic amines) is 1. The molecule has 122 valence electrons. The van der Waals surface area contributed by atoms with Gasteiger partial charge in [0.15, 0.2) is 0 Å². The smallest absolute Gasteiger partial charge is 0.410 e. The van der Waals surface area contributed by atoms with Crippen LogP contribution in [0.4, 0.5) is 4.79 Å². The Morgan fingerprint density at radius 1 is 1.24 bits per heavy atom. The van der Waals surface area contributed by atoms with Gasteiger partial charge in [-0.25, -0.2) is 4.79 Å². The number of rotatable bonds is 4. The summed E-state index contributed by atoms with van der Waals surface area (Å²) in [6, 6.07) is 0. The zero-order valence-corrected chi connectivity index (χ0v) is 14.1. The minimum Gasteiger partial charge on any atom is -0.444 e. The summed E-state index contributed by atoms with van der Waals surface area (Å²) in [5.74, 6) is 0.883. The first kappa shape index (κ1) is 16.6. The molecule has 2 aliphatic rings. The molecular formula is C17H31NO3. The third-order valence-electron chi connectivity index (χ3n) is 4.88. The van der Waals surface area contributed by atoms with Crippen molar-refractivity contribution in [2.24, 2.45) is 11.3 Å². The maximum absolute atomic E-state index is 12.1. The Labute approximate surface area is 129 Å². The molecular weight excluding hydrogens is 266 g/mol. The Balaban J connectivity index is 1.69. The number of ether oxygens (including phenoxy) is 2. The standard InChI is InChI=1S/C17H31NO3/c1-16(2,3)21-15(19)18-9-7-17(8-10-18)12-14(13-17)6-5-11-20-4/h14H,5-13H2,1-4H3. The fourth-order valence-electron chi connectivity index (χ4n) is 3.78. The zero-order chi connectivity index (χ0) is 15.5. The van der Waals surface area contributed by atoms with Crippen LogP contribution in [0.15, 0.2) is 0 Å². The Kier molecular flexibility index (Phi) is 5.18. The Morgan fingerprint density at radius 2 is 1.86 bits per heavy atom. The van der Waals surface area contributed by atoms with E-state index in [-0.39, 0.29) is 6.09 Å². The van der Waals surface area contributed by atoms with Gasteiger partial charge >= 0.3 is 6.09 Å². The van der Waals surface area contributed by atoms with Crippen molar-refractivity contribution in [2.75, 3.05) is 26.8 Å². The topological polar surface area (TPSA) is 38.8 Å². The molecule has 1 amide bonds. The van der Waals surface area contributed by atoms with E-state index in [2.05, 4.69) is 0 Å². The second-order valence-electron chi connectivity index (χ2n) is 7.88. The van der Waals surface area contributed by atoms with Gasteiger partial charge in [0.1, 0.15) is 5.60 Å². The Bertz CT molecular complexity index is 346. The Hall–Kier alpha value is -0.770. The van der Waals surface area contributed by atoms with Crippen molar-refractivity contribution in [1.82, 2.24) is 4.90 Å². The van der Waals surface area contributed by atoms with Crippen LogP contribution in [0, 0.1) is 11.3 Å². The number of hydrogen-bond donors (Lipinski definition) is 0. The van der Waals surface area contributed by atoms with Crippen LogP contribution in [0.2, 0.25) is 0 Å². The van der Waals surface area contributed by atoms with Crippen molar-refractivity contribution < 1.29 is 14.3 Å². The SMILES string of the molecule is COCCCC1CC2(CCN(C(=O)OC(C)(C)C)CC2)C1. The van der Waals surface area contributed by atoms with E-state index in [1.54, 1.807) is 7.11 Å². The average Bonchev–Trinajstić information content (AvgIpc) is 2.35. The third kappa shape index (κ3) is 4.60. The van der Waals surface area contributed by atoms with Crippen molar-refractivity contribution in [1.29, 1.82) is 0 Å². The first-order valence-corrected chi connectivity index (χ1v) is 8.30. The molecule has 0 aromatic carbocycles. The highest BCUT2D eigenvalue weighted by molar-refractivity contribution is 5.68. The molecule has 1 aliphatic carbocycles. The lowest BCUT2D eigenvalue weighted by Gasteiger charge is -2.52. The van der Waals surface area contributed by atoms with Crippen LogP contribution < -0.4 is 0 Å².